The van der Waals surface area contributed by atoms with Crippen molar-refractivity contribution in [2.45, 2.75) is 0 Å². The molecule has 1 N–H and O–H groups in total. The molecule has 0 fully saturated rings. The SMILES string of the molecule is O=C(O)c1ccc2oc(-c3c(F)cccc3Cl)nc2c1. The normalized spacial score (nSPS) is 10.9. The zero-order chi connectivity index (χ0) is 14.3. The lowest BCUT2D eigenvalue weighted by Gasteiger charge is -1.99. The van der Waals surface area contributed by atoms with Gasteiger partial charge in [-0.25, -0.2) is 14.2 Å². The van der Waals surface area contributed by atoms with Crippen LogP contribution in [0.4, 0.5) is 4.39 Å². The summed E-state index contributed by atoms with van der Waals surface area (Å²) in [5, 5.41) is 9.09. The summed E-state index contributed by atoms with van der Waals surface area (Å²) in [5.41, 5.74) is 0.836. The van der Waals surface area contributed by atoms with E-state index in [-0.39, 0.29) is 22.0 Å². The summed E-state index contributed by atoms with van der Waals surface area (Å²) < 4.78 is 19.2. The summed E-state index contributed by atoms with van der Waals surface area (Å²) in [6.45, 7) is 0. The summed E-state index contributed by atoms with van der Waals surface area (Å²) in [6, 6.07) is 8.48. The average molecular weight is 292 g/mol. The van der Waals surface area contributed by atoms with Crippen LogP contribution >= 0.6 is 11.6 Å². The molecule has 0 spiro atoms. The third kappa shape index (κ3) is 2.02. The Morgan fingerprint density at radius 2 is 2.10 bits per heavy atom. The Labute approximate surface area is 117 Å². The highest BCUT2D eigenvalue weighted by Gasteiger charge is 2.17. The van der Waals surface area contributed by atoms with Gasteiger partial charge in [0.25, 0.3) is 0 Å². The number of carbonyl (C=O) groups is 1. The lowest BCUT2D eigenvalue weighted by molar-refractivity contribution is 0.0697. The molecule has 20 heavy (non-hydrogen) atoms. The van der Waals surface area contributed by atoms with Crippen molar-refractivity contribution in [3.63, 3.8) is 0 Å². The van der Waals surface area contributed by atoms with Crippen LogP contribution in [0.5, 0.6) is 0 Å². The molecule has 0 unspecified atom stereocenters. The number of fused-ring (bicyclic) bond motifs is 1. The third-order valence-corrected chi connectivity index (χ3v) is 3.13. The van der Waals surface area contributed by atoms with Crippen LogP contribution < -0.4 is 0 Å². The van der Waals surface area contributed by atoms with Gasteiger partial charge >= 0.3 is 5.97 Å². The largest absolute Gasteiger partial charge is 0.478 e. The maximum absolute atomic E-state index is 13.8. The second kappa shape index (κ2) is 4.61. The summed E-state index contributed by atoms with van der Waals surface area (Å²) in [6.07, 6.45) is 0. The van der Waals surface area contributed by atoms with E-state index >= 15 is 0 Å². The fraction of sp³-hybridized carbons (Fsp3) is 0. The number of aromatic carboxylic acids is 1. The van der Waals surface area contributed by atoms with E-state index in [1.165, 1.54) is 36.4 Å². The van der Waals surface area contributed by atoms with Gasteiger partial charge in [-0.15, -0.1) is 0 Å². The molecule has 3 aromatic rings. The standard InChI is InChI=1S/C14H7ClFNO3/c15-8-2-1-3-9(16)12(8)13-17-10-6-7(14(18)19)4-5-11(10)20-13/h1-6H,(H,18,19). The number of halogens is 2. The minimum atomic E-state index is -1.07. The van der Waals surface area contributed by atoms with Crippen molar-refractivity contribution in [2.75, 3.05) is 0 Å². The van der Waals surface area contributed by atoms with Crippen LogP contribution in [0.25, 0.3) is 22.6 Å². The maximum atomic E-state index is 13.8. The molecule has 1 heterocycles. The minimum Gasteiger partial charge on any atom is -0.478 e. The van der Waals surface area contributed by atoms with Crippen LogP contribution in [-0.4, -0.2) is 16.1 Å². The van der Waals surface area contributed by atoms with E-state index in [0.29, 0.717) is 11.1 Å². The fourth-order valence-corrected chi connectivity index (χ4v) is 2.11. The minimum absolute atomic E-state index is 0.0191. The highest BCUT2D eigenvalue weighted by molar-refractivity contribution is 6.33. The van der Waals surface area contributed by atoms with Gasteiger partial charge in [0.1, 0.15) is 11.3 Å². The Kier molecular flexibility index (Phi) is 2.91. The molecule has 0 saturated carbocycles. The molecule has 0 aliphatic heterocycles. The first-order valence-electron chi connectivity index (χ1n) is 5.64. The van der Waals surface area contributed by atoms with Gasteiger partial charge in [-0.1, -0.05) is 17.7 Å². The Hall–Kier alpha value is -2.40. The highest BCUT2D eigenvalue weighted by atomic mass is 35.5. The summed E-state index contributed by atoms with van der Waals surface area (Å²) in [7, 11) is 0. The number of benzene rings is 2. The molecule has 0 radical (unpaired) electrons. The average Bonchev–Trinajstić information content (AvgIpc) is 2.80. The number of hydrogen-bond acceptors (Lipinski definition) is 3. The van der Waals surface area contributed by atoms with E-state index in [1.807, 2.05) is 0 Å². The first kappa shape index (κ1) is 12.6. The fourth-order valence-electron chi connectivity index (χ4n) is 1.87. The lowest BCUT2D eigenvalue weighted by atomic mass is 10.2. The van der Waals surface area contributed by atoms with Gasteiger partial charge in [0.05, 0.1) is 16.1 Å². The van der Waals surface area contributed by atoms with Crippen LogP contribution in [0.3, 0.4) is 0 Å². The van der Waals surface area contributed by atoms with Gasteiger partial charge in [-0.3, -0.25) is 0 Å². The molecular weight excluding hydrogens is 285 g/mol. The number of hydrogen-bond donors (Lipinski definition) is 1. The number of rotatable bonds is 2. The predicted octanol–water partition coefficient (Wildman–Crippen LogP) is 3.99. The second-order valence-electron chi connectivity index (χ2n) is 4.10. The van der Waals surface area contributed by atoms with Crippen LogP contribution in [0.15, 0.2) is 40.8 Å². The van der Waals surface area contributed by atoms with Crippen LogP contribution in [0.2, 0.25) is 5.02 Å². The van der Waals surface area contributed by atoms with E-state index in [4.69, 9.17) is 21.1 Å². The molecule has 6 heteroatoms. The van der Waals surface area contributed by atoms with Crippen molar-refractivity contribution in [1.29, 1.82) is 0 Å². The zero-order valence-corrected chi connectivity index (χ0v) is 10.7. The molecule has 1 aromatic heterocycles. The molecule has 0 aliphatic rings. The van der Waals surface area contributed by atoms with Gasteiger partial charge in [0, 0.05) is 0 Å². The molecule has 0 atom stereocenters. The Balaban J connectivity index is 2.21. The van der Waals surface area contributed by atoms with Gasteiger partial charge in [0.15, 0.2) is 5.58 Å². The van der Waals surface area contributed by atoms with Gasteiger partial charge in [-0.2, -0.15) is 0 Å². The van der Waals surface area contributed by atoms with Crippen LogP contribution in [0, 0.1) is 5.82 Å². The molecule has 2 aromatic carbocycles. The van der Waals surface area contributed by atoms with E-state index in [2.05, 4.69) is 4.98 Å². The Morgan fingerprint density at radius 3 is 2.80 bits per heavy atom. The van der Waals surface area contributed by atoms with Crippen LogP contribution in [-0.2, 0) is 0 Å². The van der Waals surface area contributed by atoms with E-state index in [0.717, 1.165) is 0 Å². The maximum Gasteiger partial charge on any atom is 0.335 e. The molecule has 0 saturated heterocycles. The van der Waals surface area contributed by atoms with E-state index in [1.54, 1.807) is 0 Å². The molecule has 0 bridgehead atoms. The monoisotopic (exact) mass is 291 g/mol. The Bertz CT molecular complexity index is 808. The lowest BCUT2D eigenvalue weighted by Crippen LogP contribution is -1.94. The van der Waals surface area contributed by atoms with Crippen LogP contribution in [0.1, 0.15) is 10.4 Å². The van der Waals surface area contributed by atoms with Gasteiger partial charge in [0.2, 0.25) is 5.89 Å². The predicted molar refractivity (Wildman–Crippen MR) is 71.4 cm³/mol. The van der Waals surface area contributed by atoms with Crippen molar-refractivity contribution < 1.29 is 18.7 Å². The smallest absolute Gasteiger partial charge is 0.335 e. The first-order valence-corrected chi connectivity index (χ1v) is 6.02. The number of aromatic nitrogens is 1. The third-order valence-electron chi connectivity index (χ3n) is 2.81. The highest BCUT2D eigenvalue weighted by Crippen LogP contribution is 2.32. The zero-order valence-electron chi connectivity index (χ0n) is 9.93. The first-order chi connectivity index (χ1) is 9.56. The number of carboxylic acids is 1. The Morgan fingerprint density at radius 1 is 1.30 bits per heavy atom. The molecular formula is C14H7ClFNO3. The van der Waals surface area contributed by atoms with Crippen molar-refractivity contribution in [3.8, 4) is 11.5 Å². The number of carboxylic acid groups (broad SMARTS) is 1. The molecule has 0 amide bonds. The van der Waals surface area contributed by atoms with Gasteiger partial charge in [-0.05, 0) is 30.3 Å². The molecule has 0 aliphatic carbocycles. The number of nitrogens with zero attached hydrogens (tertiary/aromatic N) is 1. The van der Waals surface area contributed by atoms with Crippen molar-refractivity contribution in [1.82, 2.24) is 4.98 Å². The number of oxazole rings is 1. The molecule has 100 valence electrons. The summed E-state index contributed by atoms with van der Waals surface area (Å²) in [5.74, 6) is -1.60. The summed E-state index contributed by atoms with van der Waals surface area (Å²) in [4.78, 5) is 15.0. The molecule has 4 nitrogen and oxygen atoms in total. The van der Waals surface area contributed by atoms with Gasteiger partial charge < -0.3 is 9.52 Å². The summed E-state index contributed by atoms with van der Waals surface area (Å²) >= 11 is 5.94. The van der Waals surface area contributed by atoms with Crippen molar-refractivity contribution in [2.24, 2.45) is 0 Å². The molecule has 3 rings (SSSR count). The second-order valence-corrected chi connectivity index (χ2v) is 4.51. The van der Waals surface area contributed by atoms with Crippen molar-refractivity contribution >= 4 is 28.7 Å². The van der Waals surface area contributed by atoms with Crippen molar-refractivity contribution in [3.05, 3.63) is 52.8 Å². The van der Waals surface area contributed by atoms with E-state index in [9.17, 15) is 9.18 Å². The van der Waals surface area contributed by atoms with E-state index < -0.39 is 11.8 Å². The quantitative estimate of drug-likeness (QED) is 0.775. The topological polar surface area (TPSA) is 63.3 Å².